The fourth-order valence-electron chi connectivity index (χ4n) is 9.11. The van der Waals surface area contributed by atoms with Gasteiger partial charge in [0.25, 0.3) is 5.56 Å². The number of amides is 1. The smallest absolute Gasteiger partial charge is 0.416 e. The molecule has 10 heteroatoms. The van der Waals surface area contributed by atoms with Crippen LogP contribution in [-0.2, 0) is 28.6 Å². The Balaban J connectivity index is 1.36. The zero-order valence-electron chi connectivity index (χ0n) is 30.8. The fraction of sp³-hybridized carbons (Fsp3) is 0.548. The molecule has 1 saturated heterocycles. The second-order valence-electron chi connectivity index (χ2n) is 15.8. The normalized spacial score (nSPS) is 18.5. The Hall–Kier alpha value is -3.92. The summed E-state index contributed by atoms with van der Waals surface area (Å²) in [6, 6.07) is 9.19. The summed E-state index contributed by atoms with van der Waals surface area (Å²) in [6.45, 7) is 9.28. The van der Waals surface area contributed by atoms with E-state index in [2.05, 4.69) is 36.2 Å². The second-order valence-corrected chi connectivity index (χ2v) is 15.8. The van der Waals surface area contributed by atoms with Crippen LogP contribution in [-0.4, -0.2) is 45.6 Å². The van der Waals surface area contributed by atoms with E-state index in [1.807, 2.05) is 32.0 Å². The maximum Gasteiger partial charge on any atom is 0.416 e. The van der Waals surface area contributed by atoms with Gasteiger partial charge in [0.1, 0.15) is 6.04 Å². The van der Waals surface area contributed by atoms with Gasteiger partial charge < -0.3 is 19.9 Å². The first-order valence-corrected chi connectivity index (χ1v) is 19.0. The van der Waals surface area contributed by atoms with Crippen molar-refractivity contribution in [2.75, 3.05) is 13.1 Å². The number of likely N-dealkylation sites (tertiary alicyclic amines) is 1. The standard InChI is InChI=1S/C42H52F3N3O4/c1-25(2)19-37(48-24-34(35(22-38(48)49)42(43,44)45)28-15-17-47(18-16-28)31-12-5-6-13-31)41(52)46-36(23-39(50)51)30-20-29-11-8-14-32(29)33(21-30)40-26(3)9-7-10-27(40)4/h7,9-10,20-22,24-25,28,31,36-37H,5-6,8,11-19,23H2,1-4H3,(H,46,52)(H,50,51)/t36-,37-/m0/s1. The number of pyridine rings is 1. The molecule has 2 N–H and O–H groups in total. The molecule has 3 aromatic rings. The summed E-state index contributed by atoms with van der Waals surface area (Å²) in [5.74, 6) is -2.18. The molecule has 1 aliphatic heterocycles. The van der Waals surface area contributed by atoms with E-state index in [-0.39, 0.29) is 17.9 Å². The Morgan fingerprint density at radius 1 is 0.962 bits per heavy atom. The van der Waals surface area contributed by atoms with Crippen LogP contribution in [0.3, 0.4) is 0 Å². The molecule has 0 spiro atoms. The number of carbonyl (C=O) groups is 2. The number of fused-ring (bicyclic) bond motifs is 1. The number of hydrogen-bond donors (Lipinski definition) is 2. The molecule has 2 aromatic carbocycles. The van der Waals surface area contributed by atoms with Gasteiger partial charge in [0.05, 0.1) is 18.0 Å². The summed E-state index contributed by atoms with van der Waals surface area (Å²) < 4.78 is 44.7. The number of rotatable bonds is 11. The first-order valence-electron chi connectivity index (χ1n) is 19.0. The van der Waals surface area contributed by atoms with E-state index in [1.54, 1.807) is 0 Å². The minimum atomic E-state index is -4.72. The Bertz CT molecular complexity index is 1830. The largest absolute Gasteiger partial charge is 0.481 e. The molecule has 280 valence electrons. The summed E-state index contributed by atoms with van der Waals surface area (Å²) in [7, 11) is 0. The number of carbonyl (C=O) groups excluding carboxylic acids is 1. The van der Waals surface area contributed by atoms with Crippen molar-refractivity contribution in [1.29, 1.82) is 0 Å². The Morgan fingerprint density at radius 2 is 1.63 bits per heavy atom. The maximum absolute atomic E-state index is 14.5. The van der Waals surface area contributed by atoms with Crippen LogP contribution in [0.15, 0.2) is 47.4 Å². The summed E-state index contributed by atoms with van der Waals surface area (Å²) in [5, 5.41) is 13.0. The molecule has 1 saturated carbocycles. The molecule has 2 aliphatic carbocycles. The molecular formula is C42H52F3N3O4. The topological polar surface area (TPSA) is 91.6 Å². The van der Waals surface area contributed by atoms with Crippen LogP contribution in [0, 0.1) is 19.8 Å². The molecule has 6 rings (SSSR count). The number of nitrogens with one attached hydrogen (secondary N) is 1. The molecule has 0 bridgehead atoms. The predicted molar refractivity (Wildman–Crippen MR) is 197 cm³/mol. The van der Waals surface area contributed by atoms with E-state index in [4.69, 9.17) is 0 Å². The molecule has 0 radical (unpaired) electrons. The monoisotopic (exact) mass is 719 g/mol. The van der Waals surface area contributed by atoms with Crippen LogP contribution in [0.2, 0.25) is 0 Å². The summed E-state index contributed by atoms with van der Waals surface area (Å²) in [4.78, 5) is 42.6. The lowest BCUT2D eigenvalue weighted by atomic mass is 9.86. The number of benzene rings is 2. The molecular weight excluding hydrogens is 667 g/mol. The average Bonchev–Trinajstić information content (AvgIpc) is 3.79. The van der Waals surface area contributed by atoms with E-state index in [0.29, 0.717) is 43.6 Å². The maximum atomic E-state index is 14.5. The van der Waals surface area contributed by atoms with Gasteiger partial charge >= 0.3 is 12.1 Å². The van der Waals surface area contributed by atoms with Gasteiger partial charge in [0, 0.05) is 18.3 Å². The van der Waals surface area contributed by atoms with Crippen LogP contribution in [0.4, 0.5) is 13.2 Å². The molecule has 3 aliphatic rings. The number of piperidine rings is 1. The van der Waals surface area contributed by atoms with Gasteiger partial charge in [-0.3, -0.25) is 14.4 Å². The third kappa shape index (κ3) is 8.17. The second kappa shape index (κ2) is 15.6. The molecule has 52 heavy (non-hydrogen) atoms. The Labute approximate surface area is 304 Å². The van der Waals surface area contributed by atoms with Crippen molar-refractivity contribution in [2.45, 2.75) is 129 Å². The molecule has 7 nitrogen and oxygen atoms in total. The first-order chi connectivity index (χ1) is 24.7. The number of alkyl halides is 3. The van der Waals surface area contributed by atoms with Gasteiger partial charge in [-0.05, 0) is 141 Å². The molecule has 2 fully saturated rings. The number of aryl methyl sites for hydroxylation is 3. The predicted octanol–water partition coefficient (Wildman–Crippen LogP) is 8.68. The van der Waals surface area contributed by atoms with Gasteiger partial charge in [-0.1, -0.05) is 51.0 Å². The third-order valence-corrected chi connectivity index (χ3v) is 11.6. The van der Waals surface area contributed by atoms with E-state index in [0.717, 1.165) is 59.9 Å². The first kappa shape index (κ1) is 37.8. The van der Waals surface area contributed by atoms with Crippen molar-refractivity contribution < 1.29 is 27.9 Å². The molecule has 1 amide bonds. The molecule has 1 aromatic heterocycles. The van der Waals surface area contributed by atoms with Crippen molar-refractivity contribution in [3.63, 3.8) is 0 Å². The molecule has 2 atom stereocenters. The van der Waals surface area contributed by atoms with Crippen molar-refractivity contribution in [2.24, 2.45) is 5.92 Å². The highest BCUT2D eigenvalue weighted by Crippen LogP contribution is 2.41. The molecule has 0 unspecified atom stereocenters. The van der Waals surface area contributed by atoms with Crippen LogP contribution in [0.5, 0.6) is 0 Å². The van der Waals surface area contributed by atoms with Crippen molar-refractivity contribution in [3.05, 3.63) is 91.9 Å². The Morgan fingerprint density at radius 3 is 2.25 bits per heavy atom. The SMILES string of the molecule is Cc1cccc(C)c1-c1cc([C@H](CC(=O)O)NC(=O)[C@H](CC(C)C)n2cc(C3CCN(C4CCCC4)CC3)c(C(F)(F)F)cc2=O)cc2c1CCC2. The third-order valence-electron chi connectivity index (χ3n) is 11.6. The van der Waals surface area contributed by atoms with Gasteiger partial charge in [-0.25, -0.2) is 0 Å². The van der Waals surface area contributed by atoms with Gasteiger partial charge in [-0.2, -0.15) is 13.2 Å². The number of hydrogen-bond acceptors (Lipinski definition) is 4. The fourth-order valence-corrected chi connectivity index (χ4v) is 9.11. The number of aromatic nitrogens is 1. The lowest BCUT2D eigenvalue weighted by Crippen LogP contribution is -2.42. The van der Waals surface area contributed by atoms with E-state index < -0.39 is 53.6 Å². The number of nitrogens with zero attached hydrogens (tertiary/aromatic N) is 2. The van der Waals surface area contributed by atoms with Crippen LogP contribution < -0.4 is 10.9 Å². The van der Waals surface area contributed by atoms with Crippen LogP contribution in [0.25, 0.3) is 11.1 Å². The average molecular weight is 720 g/mol. The zero-order valence-corrected chi connectivity index (χ0v) is 30.8. The van der Waals surface area contributed by atoms with Crippen LogP contribution in [0.1, 0.15) is 129 Å². The minimum Gasteiger partial charge on any atom is -0.481 e. The van der Waals surface area contributed by atoms with Crippen molar-refractivity contribution in [1.82, 2.24) is 14.8 Å². The lowest BCUT2D eigenvalue weighted by molar-refractivity contribution is -0.139. The lowest BCUT2D eigenvalue weighted by Gasteiger charge is -2.37. The van der Waals surface area contributed by atoms with E-state index in [1.165, 1.54) is 29.2 Å². The van der Waals surface area contributed by atoms with Gasteiger partial charge in [0.15, 0.2) is 0 Å². The highest BCUT2D eigenvalue weighted by molar-refractivity contribution is 5.82. The van der Waals surface area contributed by atoms with Crippen LogP contribution >= 0.6 is 0 Å². The number of carboxylic acid groups (broad SMARTS) is 1. The van der Waals surface area contributed by atoms with Crippen molar-refractivity contribution in [3.8, 4) is 11.1 Å². The minimum absolute atomic E-state index is 0.0543. The van der Waals surface area contributed by atoms with Gasteiger partial charge in [-0.15, -0.1) is 0 Å². The summed E-state index contributed by atoms with van der Waals surface area (Å²) in [5.41, 5.74) is 5.57. The summed E-state index contributed by atoms with van der Waals surface area (Å²) in [6.07, 6.45) is 4.77. The number of carboxylic acids is 1. The number of halogens is 3. The molecule has 2 heterocycles. The Kier molecular flexibility index (Phi) is 11.3. The van der Waals surface area contributed by atoms with Crippen molar-refractivity contribution >= 4 is 11.9 Å². The zero-order chi connectivity index (χ0) is 37.3. The summed E-state index contributed by atoms with van der Waals surface area (Å²) >= 11 is 0. The van der Waals surface area contributed by atoms with Gasteiger partial charge in [0.2, 0.25) is 5.91 Å². The van der Waals surface area contributed by atoms with E-state index >= 15 is 0 Å². The number of aliphatic carboxylic acids is 1. The highest BCUT2D eigenvalue weighted by Gasteiger charge is 2.39. The van der Waals surface area contributed by atoms with E-state index in [9.17, 15) is 32.7 Å². The quantitative estimate of drug-likeness (QED) is 0.207. The highest BCUT2D eigenvalue weighted by atomic mass is 19.4.